The lowest BCUT2D eigenvalue weighted by atomic mass is 9.97. The van der Waals surface area contributed by atoms with Crippen LogP contribution in [0.5, 0.6) is 5.75 Å². The summed E-state index contributed by atoms with van der Waals surface area (Å²) in [6.45, 7) is 7.66. The molecule has 0 aliphatic carbocycles. The fourth-order valence-corrected chi connectivity index (χ4v) is 2.91. The Morgan fingerprint density at radius 2 is 2.05 bits per heavy atom. The number of hydrogen-bond donors (Lipinski definition) is 2. The van der Waals surface area contributed by atoms with Crippen LogP contribution >= 0.6 is 12.4 Å². The third-order valence-electron chi connectivity index (χ3n) is 4.08. The predicted molar refractivity (Wildman–Crippen MR) is 91.2 cm³/mol. The highest BCUT2D eigenvalue weighted by Gasteiger charge is 2.22. The Kier molecular flexibility index (Phi) is 8.46. The first kappa shape index (κ1) is 18.9. The van der Waals surface area contributed by atoms with E-state index in [0.29, 0.717) is 0 Å². The Bertz CT molecular complexity index is 464. The maximum absolute atomic E-state index is 13.7. The van der Waals surface area contributed by atoms with Gasteiger partial charge in [-0.05, 0) is 37.0 Å². The molecule has 1 aromatic carbocycles. The maximum atomic E-state index is 13.7. The van der Waals surface area contributed by atoms with Crippen LogP contribution < -0.4 is 5.32 Å². The minimum absolute atomic E-state index is 0. The summed E-state index contributed by atoms with van der Waals surface area (Å²) < 4.78 is 13.7. The number of benzene rings is 1. The fraction of sp³-hybridized carbons (Fsp3) is 0.529. The highest BCUT2D eigenvalue weighted by atomic mass is 35.5. The van der Waals surface area contributed by atoms with E-state index >= 15 is 0 Å². The van der Waals surface area contributed by atoms with E-state index in [2.05, 4.69) is 16.8 Å². The zero-order valence-corrected chi connectivity index (χ0v) is 13.7. The maximum Gasteiger partial charge on any atom is 0.165 e. The van der Waals surface area contributed by atoms with Crippen LogP contribution in [0.4, 0.5) is 4.39 Å². The van der Waals surface area contributed by atoms with E-state index in [4.69, 9.17) is 0 Å². The second-order valence-corrected chi connectivity index (χ2v) is 5.59. The summed E-state index contributed by atoms with van der Waals surface area (Å²) in [5.41, 5.74) is 0.964. The van der Waals surface area contributed by atoms with Crippen molar-refractivity contribution in [3.8, 4) is 5.75 Å². The molecule has 0 aromatic heterocycles. The van der Waals surface area contributed by atoms with Gasteiger partial charge in [0.05, 0.1) is 0 Å². The second kappa shape index (κ2) is 9.82. The van der Waals surface area contributed by atoms with Crippen molar-refractivity contribution in [2.75, 3.05) is 26.2 Å². The molecule has 0 spiro atoms. The average Bonchev–Trinajstić information content (AvgIpc) is 2.51. The summed E-state index contributed by atoms with van der Waals surface area (Å²) in [4.78, 5) is 2.41. The van der Waals surface area contributed by atoms with Gasteiger partial charge in [-0.3, -0.25) is 4.90 Å². The molecular weight excluding hydrogens is 303 g/mol. The summed E-state index contributed by atoms with van der Waals surface area (Å²) in [5.74, 6) is -0.803. The Hall–Kier alpha value is -1.10. The molecule has 1 aromatic rings. The summed E-state index contributed by atoms with van der Waals surface area (Å²) in [7, 11) is 0. The molecule has 124 valence electrons. The molecule has 1 atom stereocenters. The van der Waals surface area contributed by atoms with E-state index in [-0.39, 0.29) is 24.2 Å². The molecule has 1 aliphatic heterocycles. The molecule has 2 N–H and O–H groups in total. The summed E-state index contributed by atoms with van der Waals surface area (Å²) in [6, 6.07) is 5.02. The van der Waals surface area contributed by atoms with Crippen molar-refractivity contribution >= 4 is 12.4 Å². The lowest BCUT2D eigenvalue weighted by molar-refractivity contribution is 0.162. The van der Waals surface area contributed by atoms with Gasteiger partial charge < -0.3 is 10.4 Å². The fourth-order valence-electron chi connectivity index (χ4n) is 2.91. The topological polar surface area (TPSA) is 35.5 Å². The Labute approximate surface area is 138 Å². The van der Waals surface area contributed by atoms with Gasteiger partial charge in [-0.2, -0.15) is 0 Å². The van der Waals surface area contributed by atoms with Gasteiger partial charge in [0, 0.05) is 32.2 Å². The number of unbranched alkanes of at least 4 members (excludes halogenated alkanes) is 2. The quantitative estimate of drug-likeness (QED) is 0.592. The minimum Gasteiger partial charge on any atom is -0.505 e. The number of phenolic OH excluding ortho intramolecular Hbond substituents is 1. The number of halogens is 2. The van der Waals surface area contributed by atoms with Crippen molar-refractivity contribution in [3.05, 3.63) is 42.2 Å². The number of nitrogens with one attached hydrogen (secondary N) is 1. The monoisotopic (exact) mass is 328 g/mol. The molecule has 0 bridgehead atoms. The van der Waals surface area contributed by atoms with E-state index in [1.165, 1.54) is 12.1 Å². The number of phenols is 1. The highest BCUT2D eigenvalue weighted by molar-refractivity contribution is 5.85. The van der Waals surface area contributed by atoms with Crippen molar-refractivity contribution < 1.29 is 9.50 Å². The molecule has 1 fully saturated rings. The van der Waals surface area contributed by atoms with Crippen LogP contribution in [-0.2, 0) is 0 Å². The molecule has 5 heteroatoms. The SMILES string of the molecule is C=CCCCC[C@H](c1ccc(O)c(F)c1)N1CCNCC1.Cl. The highest BCUT2D eigenvalue weighted by Crippen LogP contribution is 2.29. The largest absolute Gasteiger partial charge is 0.505 e. The van der Waals surface area contributed by atoms with E-state index < -0.39 is 5.82 Å². The zero-order chi connectivity index (χ0) is 15.1. The second-order valence-electron chi connectivity index (χ2n) is 5.59. The van der Waals surface area contributed by atoms with Crippen LogP contribution in [0.3, 0.4) is 0 Å². The van der Waals surface area contributed by atoms with Gasteiger partial charge in [0.2, 0.25) is 0 Å². The third-order valence-corrected chi connectivity index (χ3v) is 4.08. The predicted octanol–water partition coefficient (Wildman–Crippen LogP) is 3.65. The number of allylic oxidation sites excluding steroid dienone is 1. The molecule has 0 saturated carbocycles. The molecule has 0 radical (unpaired) electrons. The molecule has 3 nitrogen and oxygen atoms in total. The van der Waals surface area contributed by atoms with Crippen molar-refractivity contribution in [1.82, 2.24) is 10.2 Å². The Morgan fingerprint density at radius 1 is 1.32 bits per heavy atom. The van der Waals surface area contributed by atoms with Gasteiger partial charge in [-0.25, -0.2) is 4.39 Å². The first-order valence-corrected chi connectivity index (χ1v) is 7.76. The number of piperazine rings is 1. The normalized spacial score (nSPS) is 16.8. The number of rotatable bonds is 7. The molecular formula is C17H26ClFN2O. The molecule has 22 heavy (non-hydrogen) atoms. The molecule has 1 heterocycles. The van der Waals surface area contributed by atoms with E-state index in [1.807, 2.05) is 12.1 Å². The summed E-state index contributed by atoms with van der Waals surface area (Å²) in [6.07, 6.45) is 6.20. The Morgan fingerprint density at radius 3 is 2.68 bits per heavy atom. The van der Waals surface area contributed by atoms with E-state index in [1.54, 1.807) is 0 Å². The molecule has 2 rings (SSSR count). The van der Waals surface area contributed by atoms with Crippen LogP contribution in [0.25, 0.3) is 0 Å². The van der Waals surface area contributed by atoms with Crippen molar-refractivity contribution in [2.24, 2.45) is 0 Å². The average molecular weight is 329 g/mol. The van der Waals surface area contributed by atoms with Gasteiger partial charge in [-0.15, -0.1) is 19.0 Å². The van der Waals surface area contributed by atoms with Crippen LogP contribution in [0.2, 0.25) is 0 Å². The number of aromatic hydroxyl groups is 1. The van der Waals surface area contributed by atoms with Gasteiger partial charge in [0.25, 0.3) is 0 Å². The van der Waals surface area contributed by atoms with Crippen LogP contribution in [0, 0.1) is 5.82 Å². The first-order chi connectivity index (χ1) is 10.2. The summed E-state index contributed by atoms with van der Waals surface area (Å²) in [5, 5.41) is 12.7. The molecule has 1 aliphatic rings. The van der Waals surface area contributed by atoms with Gasteiger partial charge in [0.1, 0.15) is 0 Å². The first-order valence-electron chi connectivity index (χ1n) is 7.76. The van der Waals surface area contributed by atoms with Crippen molar-refractivity contribution in [2.45, 2.75) is 31.7 Å². The lowest BCUT2D eigenvalue weighted by Gasteiger charge is -2.35. The number of hydrogen-bond acceptors (Lipinski definition) is 3. The smallest absolute Gasteiger partial charge is 0.165 e. The van der Waals surface area contributed by atoms with E-state index in [9.17, 15) is 9.50 Å². The van der Waals surface area contributed by atoms with E-state index in [0.717, 1.165) is 57.4 Å². The molecule has 0 unspecified atom stereocenters. The molecule has 0 amide bonds. The van der Waals surface area contributed by atoms with Crippen LogP contribution in [-0.4, -0.2) is 36.2 Å². The molecule has 1 saturated heterocycles. The van der Waals surface area contributed by atoms with Gasteiger partial charge in [0.15, 0.2) is 11.6 Å². The summed E-state index contributed by atoms with van der Waals surface area (Å²) >= 11 is 0. The van der Waals surface area contributed by atoms with Crippen molar-refractivity contribution in [1.29, 1.82) is 0 Å². The van der Waals surface area contributed by atoms with Gasteiger partial charge in [-0.1, -0.05) is 18.6 Å². The Balaban J connectivity index is 0.00000242. The minimum atomic E-state index is -0.529. The third kappa shape index (κ3) is 5.27. The van der Waals surface area contributed by atoms with Crippen molar-refractivity contribution in [3.63, 3.8) is 0 Å². The van der Waals surface area contributed by atoms with Crippen LogP contribution in [0.15, 0.2) is 30.9 Å². The standard InChI is InChI=1S/C17H25FN2O.ClH/c1-2-3-4-5-6-16(20-11-9-19-10-12-20)14-7-8-17(21)15(18)13-14;/h2,7-8,13,16,19,21H,1,3-6,9-12H2;1H/t16-;/m1./s1. The number of nitrogens with zero attached hydrogens (tertiary/aromatic N) is 1. The van der Waals surface area contributed by atoms with Crippen LogP contribution in [0.1, 0.15) is 37.3 Å². The lowest BCUT2D eigenvalue weighted by Crippen LogP contribution is -2.45. The van der Waals surface area contributed by atoms with Gasteiger partial charge >= 0.3 is 0 Å². The zero-order valence-electron chi connectivity index (χ0n) is 12.9.